The zero-order valence-electron chi connectivity index (χ0n) is 15.2. The first-order valence-corrected chi connectivity index (χ1v) is 8.28. The van der Waals surface area contributed by atoms with E-state index in [0.29, 0.717) is 17.1 Å². The van der Waals surface area contributed by atoms with Crippen molar-refractivity contribution in [3.05, 3.63) is 54.0 Å². The highest BCUT2D eigenvalue weighted by molar-refractivity contribution is 6.01. The average molecular weight is 355 g/mol. The van der Waals surface area contributed by atoms with E-state index >= 15 is 0 Å². The molecule has 1 aliphatic rings. The van der Waals surface area contributed by atoms with E-state index in [9.17, 15) is 9.18 Å². The highest BCUT2D eigenvalue weighted by atomic mass is 19.1. The molecule has 0 saturated heterocycles. The Morgan fingerprint density at radius 3 is 2.58 bits per heavy atom. The fourth-order valence-corrected chi connectivity index (χ4v) is 3.13. The molecule has 7 heteroatoms. The standard InChI is InChI=1S/C19H22FN5O/c1-18(2)16(26)25(4)17(21)24-19(18,3)13-11-12(8-9-14(13)20)23-15-7-5-6-10-22-15/h5-11H,1-4H3,(H2,21,24)(H,22,23)/t19-/m1/s1. The number of carbonyl (C=O) groups excluding carboxylic acids is 1. The molecular formula is C19H22FN5O. The molecule has 1 atom stereocenters. The maximum atomic E-state index is 14.8. The predicted octanol–water partition coefficient (Wildman–Crippen LogP) is 2.99. The van der Waals surface area contributed by atoms with Crippen LogP contribution in [0.2, 0.25) is 0 Å². The van der Waals surface area contributed by atoms with Gasteiger partial charge in [0.1, 0.15) is 17.2 Å². The van der Waals surface area contributed by atoms with Crippen molar-refractivity contribution in [1.29, 1.82) is 0 Å². The Labute approximate surface area is 151 Å². The summed E-state index contributed by atoms with van der Waals surface area (Å²) in [6.45, 7) is 5.23. The Kier molecular flexibility index (Phi) is 4.18. The fraction of sp³-hybridized carbons (Fsp3) is 0.316. The number of carbonyl (C=O) groups is 1. The summed E-state index contributed by atoms with van der Waals surface area (Å²) >= 11 is 0. The molecular weight excluding hydrogens is 333 g/mol. The van der Waals surface area contributed by atoms with Crippen LogP contribution in [0, 0.1) is 11.2 Å². The summed E-state index contributed by atoms with van der Waals surface area (Å²) in [6, 6.07) is 10.1. The number of rotatable bonds is 3. The van der Waals surface area contributed by atoms with E-state index < -0.39 is 16.8 Å². The Hall–Kier alpha value is -2.96. The number of pyridine rings is 1. The first kappa shape index (κ1) is 17.8. The van der Waals surface area contributed by atoms with Crippen molar-refractivity contribution in [1.82, 2.24) is 9.88 Å². The molecule has 0 aliphatic carbocycles. The van der Waals surface area contributed by atoms with Crippen molar-refractivity contribution in [2.75, 3.05) is 12.4 Å². The van der Waals surface area contributed by atoms with Gasteiger partial charge in [-0.25, -0.2) is 14.4 Å². The molecule has 136 valence electrons. The van der Waals surface area contributed by atoms with Gasteiger partial charge in [-0.15, -0.1) is 0 Å². The normalized spacial score (nSPS) is 22.1. The van der Waals surface area contributed by atoms with E-state index in [-0.39, 0.29) is 11.9 Å². The van der Waals surface area contributed by atoms with Crippen molar-refractivity contribution in [3.8, 4) is 0 Å². The third-order valence-electron chi connectivity index (χ3n) is 5.17. The number of benzene rings is 1. The molecule has 1 aliphatic heterocycles. The van der Waals surface area contributed by atoms with E-state index in [1.807, 2.05) is 18.2 Å². The van der Waals surface area contributed by atoms with E-state index in [1.54, 1.807) is 46.1 Å². The summed E-state index contributed by atoms with van der Waals surface area (Å²) in [6.07, 6.45) is 1.66. The van der Waals surface area contributed by atoms with Crippen LogP contribution in [-0.4, -0.2) is 28.8 Å². The number of nitrogens with two attached hydrogens (primary N) is 1. The van der Waals surface area contributed by atoms with Gasteiger partial charge in [-0.05, 0) is 51.1 Å². The zero-order valence-corrected chi connectivity index (χ0v) is 15.2. The summed E-state index contributed by atoms with van der Waals surface area (Å²) in [7, 11) is 1.57. The summed E-state index contributed by atoms with van der Waals surface area (Å²) in [5.74, 6) is 0.0484. The van der Waals surface area contributed by atoms with Crippen molar-refractivity contribution >= 4 is 23.4 Å². The Balaban J connectivity index is 2.10. The lowest BCUT2D eigenvalue weighted by molar-refractivity contribution is -0.140. The van der Waals surface area contributed by atoms with E-state index in [2.05, 4.69) is 15.3 Å². The molecule has 2 aromatic rings. The molecule has 1 aromatic carbocycles. The lowest BCUT2D eigenvalue weighted by atomic mass is 9.67. The summed E-state index contributed by atoms with van der Waals surface area (Å²) in [5, 5.41) is 3.13. The number of hydrogen-bond donors (Lipinski definition) is 2. The zero-order chi connectivity index (χ0) is 19.1. The molecule has 6 nitrogen and oxygen atoms in total. The van der Waals surface area contributed by atoms with Crippen LogP contribution in [-0.2, 0) is 10.3 Å². The van der Waals surface area contributed by atoms with Crippen LogP contribution in [0.4, 0.5) is 15.9 Å². The minimum atomic E-state index is -1.15. The summed E-state index contributed by atoms with van der Waals surface area (Å²) in [4.78, 5) is 22.8. The van der Waals surface area contributed by atoms with Crippen molar-refractivity contribution in [2.45, 2.75) is 26.3 Å². The van der Waals surface area contributed by atoms with E-state index in [1.165, 1.54) is 11.0 Å². The lowest BCUT2D eigenvalue weighted by Gasteiger charge is -2.46. The molecule has 0 spiro atoms. The largest absolute Gasteiger partial charge is 0.369 e. The van der Waals surface area contributed by atoms with Crippen LogP contribution in [0.3, 0.4) is 0 Å². The quantitative estimate of drug-likeness (QED) is 0.886. The summed E-state index contributed by atoms with van der Waals surface area (Å²) < 4.78 is 14.8. The molecule has 0 radical (unpaired) electrons. The van der Waals surface area contributed by atoms with Gasteiger partial charge in [-0.2, -0.15) is 0 Å². The Morgan fingerprint density at radius 2 is 1.92 bits per heavy atom. The predicted molar refractivity (Wildman–Crippen MR) is 99.4 cm³/mol. The van der Waals surface area contributed by atoms with Gasteiger partial charge in [0.05, 0.1) is 5.41 Å². The van der Waals surface area contributed by atoms with Crippen LogP contribution in [0.25, 0.3) is 0 Å². The first-order valence-electron chi connectivity index (χ1n) is 8.28. The number of aliphatic imine (C=N–C) groups is 1. The van der Waals surface area contributed by atoms with Gasteiger partial charge >= 0.3 is 0 Å². The van der Waals surface area contributed by atoms with Gasteiger partial charge < -0.3 is 11.1 Å². The second-order valence-electron chi connectivity index (χ2n) is 7.07. The topological polar surface area (TPSA) is 83.6 Å². The van der Waals surface area contributed by atoms with Crippen LogP contribution in [0.5, 0.6) is 0 Å². The molecule has 3 rings (SSSR count). The number of aromatic nitrogens is 1. The van der Waals surface area contributed by atoms with Crippen molar-refractivity contribution in [3.63, 3.8) is 0 Å². The molecule has 3 N–H and O–H groups in total. The number of anilines is 2. The van der Waals surface area contributed by atoms with Crippen LogP contribution < -0.4 is 11.1 Å². The molecule has 0 saturated carbocycles. The summed E-state index contributed by atoms with van der Waals surface area (Å²) in [5.41, 5.74) is 4.75. The average Bonchev–Trinajstić information content (AvgIpc) is 2.61. The molecule has 1 amide bonds. The van der Waals surface area contributed by atoms with Crippen LogP contribution in [0.15, 0.2) is 47.6 Å². The fourth-order valence-electron chi connectivity index (χ4n) is 3.13. The van der Waals surface area contributed by atoms with E-state index in [4.69, 9.17) is 5.73 Å². The highest BCUT2D eigenvalue weighted by Gasteiger charge is 2.53. The van der Waals surface area contributed by atoms with E-state index in [0.717, 1.165) is 0 Å². The van der Waals surface area contributed by atoms with Crippen LogP contribution in [0.1, 0.15) is 26.3 Å². The lowest BCUT2D eigenvalue weighted by Crippen LogP contribution is -2.58. The highest BCUT2D eigenvalue weighted by Crippen LogP contribution is 2.47. The second-order valence-corrected chi connectivity index (χ2v) is 7.07. The molecule has 0 bridgehead atoms. The third kappa shape index (κ3) is 2.69. The number of nitrogens with one attached hydrogen (secondary N) is 1. The number of nitrogens with zero attached hydrogens (tertiary/aromatic N) is 3. The number of guanidine groups is 1. The monoisotopic (exact) mass is 355 g/mol. The third-order valence-corrected chi connectivity index (χ3v) is 5.17. The number of halogens is 1. The molecule has 0 unspecified atom stereocenters. The maximum Gasteiger partial charge on any atom is 0.237 e. The van der Waals surface area contributed by atoms with Crippen molar-refractivity contribution in [2.24, 2.45) is 16.1 Å². The molecule has 26 heavy (non-hydrogen) atoms. The van der Waals surface area contributed by atoms with Gasteiger partial charge in [0.25, 0.3) is 0 Å². The second kappa shape index (κ2) is 6.09. The first-order chi connectivity index (χ1) is 12.2. The Morgan fingerprint density at radius 1 is 1.19 bits per heavy atom. The Bertz CT molecular complexity index is 881. The van der Waals surface area contributed by atoms with Crippen LogP contribution >= 0.6 is 0 Å². The van der Waals surface area contributed by atoms with Gasteiger partial charge in [0, 0.05) is 24.5 Å². The number of hydrogen-bond acceptors (Lipinski definition) is 5. The molecule has 1 aromatic heterocycles. The van der Waals surface area contributed by atoms with Gasteiger partial charge in [0.15, 0.2) is 5.96 Å². The van der Waals surface area contributed by atoms with Crippen molar-refractivity contribution < 1.29 is 9.18 Å². The SMILES string of the molecule is CN1C(=O)C(C)(C)[C@@](C)(c2cc(Nc3ccccn3)ccc2F)N=C1N. The van der Waals surface area contributed by atoms with Gasteiger partial charge in [-0.1, -0.05) is 6.07 Å². The smallest absolute Gasteiger partial charge is 0.237 e. The minimum absolute atomic E-state index is 0.0688. The van der Waals surface area contributed by atoms with Gasteiger partial charge in [0.2, 0.25) is 5.91 Å². The number of amides is 1. The molecule has 0 fully saturated rings. The molecule has 2 heterocycles. The maximum absolute atomic E-state index is 14.8. The minimum Gasteiger partial charge on any atom is -0.369 e. The van der Waals surface area contributed by atoms with Gasteiger partial charge in [-0.3, -0.25) is 9.69 Å².